The van der Waals surface area contributed by atoms with Gasteiger partial charge in [-0.2, -0.15) is 0 Å². The quantitative estimate of drug-likeness (QED) is 0.754. The predicted molar refractivity (Wildman–Crippen MR) is 71.6 cm³/mol. The summed E-state index contributed by atoms with van der Waals surface area (Å²) >= 11 is 0. The van der Waals surface area contributed by atoms with E-state index in [9.17, 15) is 18.8 Å². The van der Waals surface area contributed by atoms with E-state index in [-0.39, 0.29) is 18.1 Å². The molecular weight excluding hydrogens is 281 g/mol. The minimum absolute atomic E-state index is 0.0679. The van der Waals surface area contributed by atoms with Crippen molar-refractivity contribution in [2.45, 2.75) is 6.42 Å². The van der Waals surface area contributed by atoms with Crippen LogP contribution < -0.4 is 10.6 Å². The van der Waals surface area contributed by atoms with Gasteiger partial charge < -0.3 is 20.6 Å². The summed E-state index contributed by atoms with van der Waals surface area (Å²) < 4.78 is 13.5. The standard InChI is InChI=1S/C13H14FN3O4/c14-10-6-8(2-3-9(10)12(19)20)16-13(21)17-5-1-4-15-11(18)7-17/h2-3,6H,1,4-5,7H2,(H,15,18)(H,16,21)(H,19,20). The van der Waals surface area contributed by atoms with Crippen molar-refractivity contribution in [1.82, 2.24) is 10.2 Å². The molecule has 0 bridgehead atoms. The number of nitrogens with zero attached hydrogens (tertiary/aromatic N) is 1. The Morgan fingerprint density at radius 3 is 2.81 bits per heavy atom. The number of urea groups is 1. The SMILES string of the molecule is O=C1CN(C(=O)Nc2ccc(C(=O)O)c(F)c2)CCCN1. The number of rotatable bonds is 2. The Morgan fingerprint density at radius 2 is 2.14 bits per heavy atom. The highest BCUT2D eigenvalue weighted by atomic mass is 19.1. The Bertz CT molecular complexity index is 591. The third kappa shape index (κ3) is 3.68. The molecule has 0 aromatic heterocycles. The Labute approximate surface area is 119 Å². The highest BCUT2D eigenvalue weighted by molar-refractivity contribution is 5.93. The van der Waals surface area contributed by atoms with Crippen molar-refractivity contribution in [2.75, 3.05) is 25.0 Å². The molecule has 0 radical (unpaired) electrons. The van der Waals surface area contributed by atoms with E-state index in [2.05, 4.69) is 10.6 Å². The smallest absolute Gasteiger partial charge is 0.338 e. The van der Waals surface area contributed by atoms with Crippen molar-refractivity contribution in [1.29, 1.82) is 0 Å². The van der Waals surface area contributed by atoms with Crippen LogP contribution in [0.4, 0.5) is 14.9 Å². The van der Waals surface area contributed by atoms with Gasteiger partial charge in [-0.05, 0) is 24.6 Å². The number of anilines is 1. The Balaban J connectivity index is 2.07. The summed E-state index contributed by atoms with van der Waals surface area (Å²) in [7, 11) is 0. The number of nitrogens with one attached hydrogen (secondary N) is 2. The van der Waals surface area contributed by atoms with Crippen molar-refractivity contribution < 1.29 is 23.9 Å². The van der Waals surface area contributed by atoms with Crippen molar-refractivity contribution in [3.05, 3.63) is 29.6 Å². The van der Waals surface area contributed by atoms with Crippen LogP contribution >= 0.6 is 0 Å². The average molecular weight is 295 g/mol. The maximum atomic E-state index is 13.5. The molecule has 0 aliphatic carbocycles. The molecule has 1 saturated heterocycles. The largest absolute Gasteiger partial charge is 0.478 e. The lowest BCUT2D eigenvalue weighted by atomic mass is 10.2. The van der Waals surface area contributed by atoms with Crippen LogP contribution in [0.3, 0.4) is 0 Å². The van der Waals surface area contributed by atoms with Gasteiger partial charge in [-0.3, -0.25) is 4.79 Å². The number of halogens is 1. The van der Waals surface area contributed by atoms with E-state index in [4.69, 9.17) is 5.11 Å². The van der Waals surface area contributed by atoms with Gasteiger partial charge in [0, 0.05) is 18.8 Å². The van der Waals surface area contributed by atoms with Crippen LogP contribution in [0.15, 0.2) is 18.2 Å². The molecule has 1 aromatic carbocycles. The summed E-state index contributed by atoms with van der Waals surface area (Å²) in [6.07, 6.45) is 0.630. The van der Waals surface area contributed by atoms with E-state index in [1.807, 2.05) is 0 Å². The molecule has 1 heterocycles. The zero-order valence-electron chi connectivity index (χ0n) is 11.1. The number of carboxylic acid groups (broad SMARTS) is 1. The van der Waals surface area contributed by atoms with E-state index in [0.717, 1.165) is 12.1 Å². The fourth-order valence-corrected chi connectivity index (χ4v) is 1.95. The molecule has 112 valence electrons. The molecule has 0 saturated carbocycles. The van der Waals surface area contributed by atoms with Gasteiger partial charge >= 0.3 is 12.0 Å². The van der Waals surface area contributed by atoms with Gasteiger partial charge in [-0.25, -0.2) is 14.0 Å². The van der Waals surface area contributed by atoms with Crippen molar-refractivity contribution in [2.24, 2.45) is 0 Å². The molecule has 1 aliphatic rings. The maximum absolute atomic E-state index is 13.5. The van der Waals surface area contributed by atoms with Crippen LogP contribution in [0.5, 0.6) is 0 Å². The number of aromatic carboxylic acids is 1. The molecule has 0 unspecified atom stereocenters. The molecule has 1 aromatic rings. The first kappa shape index (κ1) is 14.8. The molecule has 2 rings (SSSR count). The highest BCUT2D eigenvalue weighted by Gasteiger charge is 2.20. The molecule has 3 N–H and O–H groups in total. The molecule has 21 heavy (non-hydrogen) atoms. The van der Waals surface area contributed by atoms with Gasteiger partial charge in [0.15, 0.2) is 0 Å². The van der Waals surface area contributed by atoms with Crippen LogP contribution in [0, 0.1) is 5.82 Å². The Hall–Kier alpha value is -2.64. The van der Waals surface area contributed by atoms with Gasteiger partial charge in [-0.1, -0.05) is 0 Å². The lowest BCUT2D eigenvalue weighted by molar-refractivity contribution is -0.120. The normalized spacial score (nSPS) is 15.1. The van der Waals surface area contributed by atoms with Gasteiger partial charge in [0.25, 0.3) is 0 Å². The molecule has 1 aliphatic heterocycles. The highest BCUT2D eigenvalue weighted by Crippen LogP contribution is 2.15. The summed E-state index contributed by atoms with van der Waals surface area (Å²) in [4.78, 5) is 35.4. The van der Waals surface area contributed by atoms with Gasteiger partial charge in [-0.15, -0.1) is 0 Å². The lowest BCUT2D eigenvalue weighted by Crippen LogP contribution is -2.39. The summed E-state index contributed by atoms with van der Waals surface area (Å²) in [6.45, 7) is 0.840. The number of hydrogen-bond donors (Lipinski definition) is 3. The lowest BCUT2D eigenvalue weighted by Gasteiger charge is -2.19. The Morgan fingerprint density at radius 1 is 1.38 bits per heavy atom. The van der Waals surface area contributed by atoms with Crippen molar-refractivity contribution in [3.63, 3.8) is 0 Å². The first-order valence-corrected chi connectivity index (χ1v) is 6.33. The van der Waals surface area contributed by atoms with E-state index >= 15 is 0 Å². The molecule has 3 amide bonds. The van der Waals surface area contributed by atoms with Gasteiger partial charge in [0.1, 0.15) is 12.4 Å². The molecule has 0 atom stereocenters. The number of carbonyl (C=O) groups is 3. The second-order valence-electron chi connectivity index (χ2n) is 4.55. The maximum Gasteiger partial charge on any atom is 0.338 e. The summed E-state index contributed by atoms with van der Waals surface area (Å²) in [5, 5.41) is 13.8. The number of benzene rings is 1. The van der Waals surface area contributed by atoms with Crippen LogP contribution in [-0.4, -0.2) is 47.5 Å². The predicted octanol–water partition coefficient (Wildman–Crippen LogP) is 0.878. The molecule has 8 heteroatoms. The number of amides is 3. The second-order valence-corrected chi connectivity index (χ2v) is 4.55. The first-order chi connectivity index (χ1) is 9.97. The number of carboxylic acids is 1. The first-order valence-electron chi connectivity index (χ1n) is 6.33. The molecule has 0 spiro atoms. The van der Waals surface area contributed by atoms with E-state index < -0.39 is 23.4 Å². The fourth-order valence-electron chi connectivity index (χ4n) is 1.95. The monoisotopic (exact) mass is 295 g/mol. The van der Waals surface area contributed by atoms with Gasteiger partial charge in [0.2, 0.25) is 5.91 Å². The second kappa shape index (κ2) is 6.21. The number of hydrogen-bond acceptors (Lipinski definition) is 3. The van der Waals surface area contributed by atoms with E-state index in [1.165, 1.54) is 11.0 Å². The third-order valence-electron chi connectivity index (χ3n) is 3.00. The molecule has 1 fully saturated rings. The summed E-state index contributed by atoms with van der Waals surface area (Å²) in [5.41, 5.74) is -0.339. The minimum atomic E-state index is -1.38. The molecule has 7 nitrogen and oxygen atoms in total. The van der Waals surface area contributed by atoms with Crippen LogP contribution in [0.25, 0.3) is 0 Å². The van der Waals surface area contributed by atoms with Crippen LogP contribution in [-0.2, 0) is 4.79 Å². The fraction of sp³-hybridized carbons (Fsp3) is 0.308. The van der Waals surface area contributed by atoms with Crippen molar-refractivity contribution >= 4 is 23.6 Å². The average Bonchev–Trinajstić information content (AvgIpc) is 2.63. The van der Waals surface area contributed by atoms with E-state index in [1.54, 1.807) is 0 Å². The summed E-state index contributed by atoms with van der Waals surface area (Å²) in [6, 6.07) is 2.76. The van der Waals surface area contributed by atoms with Crippen molar-refractivity contribution in [3.8, 4) is 0 Å². The molecular formula is C13H14FN3O4. The number of carbonyl (C=O) groups excluding carboxylic acids is 2. The summed E-state index contributed by atoms with van der Waals surface area (Å²) in [5.74, 6) is -2.57. The van der Waals surface area contributed by atoms with Crippen LogP contribution in [0.2, 0.25) is 0 Å². The van der Waals surface area contributed by atoms with E-state index in [0.29, 0.717) is 19.5 Å². The van der Waals surface area contributed by atoms with Gasteiger partial charge in [0.05, 0.1) is 5.56 Å². The zero-order chi connectivity index (χ0) is 15.4. The third-order valence-corrected chi connectivity index (χ3v) is 3.00. The zero-order valence-corrected chi connectivity index (χ0v) is 11.1. The minimum Gasteiger partial charge on any atom is -0.478 e. The van der Waals surface area contributed by atoms with Crippen LogP contribution in [0.1, 0.15) is 16.8 Å². The Kier molecular flexibility index (Phi) is 4.36. The topological polar surface area (TPSA) is 98.7 Å².